The Bertz CT molecular complexity index is 1140. The molecule has 192 valence electrons. The standard InChI is InChI=1S/C27H36ClN7O/c1-6-12-30-20(5)24(18(3)7-2)25-26(29)32-17-33-27(25)31-15-23(36)35-14-13-34(16-19(35)4)22-10-8-21(28)9-11-22/h6,8-12,17,19,30H,5,7,13-16H2,1-4H3,(H3,29,31,32,33)/b12-6-,24-18+/t19-/m0/s1. The number of carbonyl (C=O) groups is 1. The average molecular weight is 510 g/mol. The number of aromatic nitrogens is 2. The van der Waals surface area contributed by atoms with E-state index in [1.165, 1.54) is 6.33 Å². The molecule has 1 aromatic heterocycles. The van der Waals surface area contributed by atoms with Gasteiger partial charge in [0, 0.05) is 47.7 Å². The van der Waals surface area contributed by atoms with Crippen molar-refractivity contribution >= 4 is 40.4 Å². The lowest BCUT2D eigenvalue weighted by Gasteiger charge is -2.41. The SMILES string of the molecule is C=C(N/C=C\C)/C(=C(/C)CC)c1c(N)ncnc1NCC(=O)N1CCN(c2ccc(Cl)cc2)C[C@@H]1C. The fourth-order valence-corrected chi connectivity index (χ4v) is 4.44. The summed E-state index contributed by atoms with van der Waals surface area (Å²) in [5, 5.41) is 7.12. The Hall–Kier alpha value is -3.52. The second-order valence-electron chi connectivity index (χ2n) is 8.83. The lowest BCUT2D eigenvalue weighted by Crippen LogP contribution is -2.55. The molecule has 0 radical (unpaired) electrons. The van der Waals surface area contributed by atoms with Crippen LogP contribution in [-0.2, 0) is 4.79 Å². The molecule has 0 spiro atoms. The Labute approximate surface area is 218 Å². The summed E-state index contributed by atoms with van der Waals surface area (Å²) in [5.41, 5.74) is 10.7. The molecule has 1 atom stereocenters. The van der Waals surface area contributed by atoms with Gasteiger partial charge in [-0.15, -0.1) is 0 Å². The summed E-state index contributed by atoms with van der Waals surface area (Å²) in [4.78, 5) is 26.0. The predicted octanol–water partition coefficient (Wildman–Crippen LogP) is 4.68. The summed E-state index contributed by atoms with van der Waals surface area (Å²) in [7, 11) is 0. The number of anilines is 3. The fourth-order valence-electron chi connectivity index (χ4n) is 4.31. The normalized spacial score (nSPS) is 16.6. The van der Waals surface area contributed by atoms with Gasteiger partial charge < -0.3 is 26.2 Å². The number of rotatable bonds is 9. The van der Waals surface area contributed by atoms with Gasteiger partial charge in [-0.25, -0.2) is 9.97 Å². The van der Waals surface area contributed by atoms with Crippen LogP contribution < -0.4 is 21.3 Å². The summed E-state index contributed by atoms with van der Waals surface area (Å²) < 4.78 is 0. The van der Waals surface area contributed by atoms with Gasteiger partial charge in [0.15, 0.2) is 0 Å². The minimum atomic E-state index is 0.00463. The highest BCUT2D eigenvalue weighted by Crippen LogP contribution is 2.33. The summed E-state index contributed by atoms with van der Waals surface area (Å²) in [6.45, 7) is 14.5. The van der Waals surface area contributed by atoms with Crippen LogP contribution in [0.2, 0.25) is 5.02 Å². The van der Waals surface area contributed by atoms with Crippen molar-refractivity contribution in [3.63, 3.8) is 0 Å². The number of benzene rings is 1. The van der Waals surface area contributed by atoms with E-state index < -0.39 is 0 Å². The first-order valence-electron chi connectivity index (χ1n) is 12.2. The molecular formula is C27H36ClN7O. The Morgan fingerprint density at radius 3 is 2.64 bits per heavy atom. The van der Waals surface area contributed by atoms with Crippen molar-refractivity contribution in [2.24, 2.45) is 0 Å². The van der Waals surface area contributed by atoms with E-state index >= 15 is 0 Å². The van der Waals surface area contributed by atoms with Gasteiger partial charge in [-0.1, -0.05) is 36.8 Å². The smallest absolute Gasteiger partial charge is 0.242 e. The molecule has 1 aliphatic rings. The maximum atomic E-state index is 13.2. The number of halogens is 1. The molecule has 2 heterocycles. The van der Waals surface area contributed by atoms with Gasteiger partial charge in [-0.2, -0.15) is 0 Å². The number of hydrogen-bond acceptors (Lipinski definition) is 7. The molecule has 3 rings (SSSR count). The van der Waals surface area contributed by atoms with Crippen molar-refractivity contribution in [2.75, 3.05) is 42.1 Å². The van der Waals surface area contributed by atoms with Crippen molar-refractivity contribution in [1.82, 2.24) is 20.2 Å². The number of nitrogen functional groups attached to an aromatic ring is 1. The van der Waals surface area contributed by atoms with Gasteiger partial charge in [0.25, 0.3) is 0 Å². The fraction of sp³-hybridized carbons (Fsp3) is 0.370. The van der Waals surface area contributed by atoms with Crippen molar-refractivity contribution in [3.05, 3.63) is 71.3 Å². The molecule has 1 amide bonds. The van der Waals surface area contributed by atoms with Crippen molar-refractivity contribution < 1.29 is 4.79 Å². The van der Waals surface area contributed by atoms with E-state index in [1.54, 1.807) is 0 Å². The van der Waals surface area contributed by atoms with E-state index in [4.69, 9.17) is 17.3 Å². The van der Waals surface area contributed by atoms with E-state index in [0.717, 1.165) is 36.3 Å². The molecule has 0 saturated carbocycles. The Morgan fingerprint density at radius 2 is 2.00 bits per heavy atom. The maximum absolute atomic E-state index is 13.2. The number of amides is 1. The van der Waals surface area contributed by atoms with E-state index in [1.807, 2.05) is 55.3 Å². The van der Waals surface area contributed by atoms with Crippen molar-refractivity contribution in [2.45, 2.75) is 40.2 Å². The van der Waals surface area contributed by atoms with Gasteiger partial charge in [-0.05, 0) is 57.7 Å². The van der Waals surface area contributed by atoms with E-state index in [0.29, 0.717) is 34.5 Å². The summed E-state index contributed by atoms with van der Waals surface area (Å²) in [5.74, 6) is 0.843. The third-order valence-electron chi connectivity index (χ3n) is 6.36. The number of allylic oxidation sites excluding steroid dienone is 3. The topological polar surface area (TPSA) is 99.4 Å². The van der Waals surface area contributed by atoms with Crippen LogP contribution in [0.5, 0.6) is 0 Å². The van der Waals surface area contributed by atoms with Gasteiger partial charge in [-0.3, -0.25) is 4.79 Å². The van der Waals surface area contributed by atoms with Crippen molar-refractivity contribution in [3.8, 4) is 0 Å². The quantitative estimate of drug-likeness (QED) is 0.422. The van der Waals surface area contributed by atoms with E-state index in [2.05, 4.69) is 45.9 Å². The molecule has 1 aliphatic heterocycles. The lowest BCUT2D eigenvalue weighted by atomic mass is 9.97. The number of nitrogens with zero attached hydrogens (tertiary/aromatic N) is 4. The van der Waals surface area contributed by atoms with Gasteiger partial charge in [0.2, 0.25) is 5.91 Å². The largest absolute Gasteiger partial charge is 0.383 e. The monoisotopic (exact) mass is 509 g/mol. The molecule has 1 aromatic carbocycles. The summed E-state index contributed by atoms with van der Waals surface area (Å²) in [6, 6.07) is 7.86. The Balaban J connectivity index is 1.74. The van der Waals surface area contributed by atoms with E-state index in [-0.39, 0.29) is 18.5 Å². The third-order valence-corrected chi connectivity index (χ3v) is 6.61. The molecule has 1 saturated heterocycles. The molecule has 2 aromatic rings. The Morgan fingerprint density at radius 1 is 1.28 bits per heavy atom. The van der Waals surface area contributed by atoms with Crippen LogP contribution in [0.25, 0.3) is 5.57 Å². The van der Waals surface area contributed by atoms with Crippen LogP contribution >= 0.6 is 11.6 Å². The number of hydrogen-bond donors (Lipinski definition) is 3. The second kappa shape index (κ2) is 12.4. The molecular weight excluding hydrogens is 474 g/mol. The minimum Gasteiger partial charge on any atom is -0.383 e. The van der Waals surface area contributed by atoms with Crippen LogP contribution in [0, 0.1) is 0 Å². The summed E-state index contributed by atoms with van der Waals surface area (Å²) in [6.07, 6.45) is 5.90. The molecule has 0 aliphatic carbocycles. The van der Waals surface area contributed by atoms with Crippen LogP contribution in [-0.4, -0.2) is 53.0 Å². The number of nitrogens with two attached hydrogens (primary N) is 1. The molecule has 8 nitrogen and oxygen atoms in total. The molecule has 4 N–H and O–H groups in total. The lowest BCUT2D eigenvalue weighted by molar-refractivity contribution is -0.131. The zero-order valence-electron chi connectivity index (χ0n) is 21.5. The first-order chi connectivity index (χ1) is 17.3. The number of carbonyl (C=O) groups excluding carboxylic acids is 1. The first-order valence-corrected chi connectivity index (χ1v) is 12.6. The van der Waals surface area contributed by atoms with Crippen LogP contribution in [0.1, 0.15) is 39.7 Å². The highest BCUT2D eigenvalue weighted by molar-refractivity contribution is 6.30. The van der Waals surface area contributed by atoms with Crippen molar-refractivity contribution in [1.29, 1.82) is 0 Å². The van der Waals surface area contributed by atoms with Gasteiger partial charge in [0.05, 0.1) is 12.1 Å². The van der Waals surface area contributed by atoms with Crippen LogP contribution in [0.4, 0.5) is 17.3 Å². The maximum Gasteiger partial charge on any atom is 0.242 e. The molecule has 36 heavy (non-hydrogen) atoms. The summed E-state index contributed by atoms with van der Waals surface area (Å²) >= 11 is 6.03. The number of nitrogens with one attached hydrogen (secondary N) is 2. The third kappa shape index (κ3) is 6.37. The highest BCUT2D eigenvalue weighted by atomic mass is 35.5. The van der Waals surface area contributed by atoms with E-state index in [9.17, 15) is 4.79 Å². The van der Waals surface area contributed by atoms with Crippen LogP contribution in [0.3, 0.4) is 0 Å². The Kier molecular flexibility index (Phi) is 9.36. The first kappa shape index (κ1) is 27.1. The van der Waals surface area contributed by atoms with Crippen LogP contribution in [0.15, 0.2) is 60.7 Å². The molecule has 0 unspecified atom stereocenters. The second-order valence-corrected chi connectivity index (χ2v) is 9.26. The predicted molar refractivity (Wildman–Crippen MR) is 150 cm³/mol. The zero-order valence-corrected chi connectivity index (χ0v) is 22.3. The molecule has 0 bridgehead atoms. The molecule has 1 fully saturated rings. The average Bonchev–Trinajstić information content (AvgIpc) is 2.87. The minimum absolute atomic E-state index is 0.00463. The zero-order chi connectivity index (χ0) is 26.2. The van der Waals surface area contributed by atoms with Gasteiger partial charge in [0.1, 0.15) is 18.0 Å². The highest BCUT2D eigenvalue weighted by Gasteiger charge is 2.28. The van der Waals surface area contributed by atoms with Gasteiger partial charge >= 0.3 is 0 Å². The number of piperazine rings is 1. The molecule has 9 heteroatoms.